The van der Waals surface area contributed by atoms with Crippen molar-refractivity contribution in [2.75, 3.05) is 0 Å². The van der Waals surface area contributed by atoms with Crippen LogP contribution in [-0.2, 0) is 0 Å². The summed E-state index contributed by atoms with van der Waals surface area (Å²) < 4.78 is 2.39. The number of aromatic nitrogens is 1. The first-order valence-electron chi connectivity index (χ1n) is 5.89. The minimum atomic E-state index is -0.161. The molecular formula is C15H10INO3. The van der Waals surface area contributed by atoms with Crippen LogP contribution >= 0.6 is 22.6 Å². The lowest BCUT2D eigenvalue weighted by Crippen LogP contribution is -2.18. The van der Waals surface area contributed by atoms with Gasteiger partial charge >= 0.3 is 0 Å². The molecule has 1 aromatic heterocycles. The second kappa shape index (κ2) is 4.82. The molecule has 0 atom stereocenters. The Balaban J connectivity index is 2.33. The van der Waals surface area contributed by atoms with E-state index in [2.05, 4.69) is 22.6 Å². The SMILES string of the molecule is O=c1c2ccc(O)cc2c(I)cn1-c1ccc(O)cc1. The molecule has 2 N–H and O–H groups in total. The molecule has 0 unspecified atom stereocenters. The Morgan fingerprint density at radius 1 is 0.900 bits per heavy atom. The van der Waals surface area contributed by atoms with Crippen molar-refractivity contribution in [2.45, 2.75) is 0 Å². The van der Waals surface area contributed by atoms with Crippen molar-refractivity contribution >= 4 is 33.4 Å². The van der Waals surface area contributed by atoms with Gasteiger partial charge in [-0.1, -0.05) is 0 Å². The molecule has 0 spiro atoms. The Morgan fingerprint density at radius 3 is 2.25 bits per heavy atom. The molecule has 0 saturated heterocycles. The molecule has 3 rings (SSSR count). The molecule has 0 aliphatic heterocycles. The molecular weight excluding hydrogens is 369 g/mol. The summed E-state index contributed by atoms with van der Waals surface area (Å²) in [5, 5.41) is 20.1. The largest absolute Gasteiger partial charge is 0.508 e. The van der Waals surface area contributed by atoms with Crippen LogP contribution in [0.1, 0.15) is 0 Å². The molecule has 5 heteroatoms. The average Bonchev–Trinajstić information content (AvgIpc) is 2.44. The van der Waals surface area contributed by atoms with Crippen LogP contribution in [0.4, 0.5) is 0 Å². The van der Waals surface area contributed by atoms with Crippen molar-refractivity contribution < 1.29 is 10.2 Å². The molecule has 0 aliphatic rings. The number of benzene rings is 2. The number of halogens is 1. The lowest BCUT2D eigenvalue weighted by Gasteiger charge is -2.09. The van der Waals surface area contributed by atoms with Crippen LogP contribution in [0.25, 0.3) is 16.5 Å². The van der Waals surface area contributed by atoms with Gasteiger partial charge in [0.1, 0.15) is 11.5 Å². The van der Waals surface area contributed by atoms with Gasteiger partial charge in [0, 0.05) is 26.2 Å². The highest BCUT2D eigenvalue weighted by Gasteiger charge is 2.09. The van der Waals surface area contributed by atoms with Gasteiger partial charge in [-0.05, 0) is 65.1 Å². The smallest absolute Gasteiger partial charge is 0.263 e. The molecule has 0 radical (unpaired) electrons. The predicted molar refractivity (Wildman–Crippen MR) is 85.6 cm³/mol. The molecule has 2 aromatic carbocycles. The van der Waals surface area contributed by atoms with Gasteiger partial charge in [-0.2, -0.15) is 0 Å². The second-order valence-corrected chi connectivity index (χ2v) is 5.56. The van der Waals surface area contributed by atoms with E-state index in [0.29, 0.717) is 11.1 Å². The molecule has 0 aliphatic carbocycles. The minimum absolute atomic E-state index is 0.136. The zero-order chi connectivity index (χ0) is 14.3. The van der Waals surface area contributed by atoms with Gasteiger partial charge in [-0.3, -0.25) is 9.36 Å². The second-order valence-electron chi connectivity index (χ2n) is 4.40. The summed E-state index contributed by atoms with van der Waals surface area (Å²) in [5.41, 5.74) is 0.520. The van der Waals surface area contributed by atoms with Gasteiger partial charge in [-0.25, -0.2) is 0 Å². The van der Waals surface area contributed by atoms with Gasteiger partial charge in [0.2, 0.25) is 0 Å². The van der Waals surface area contributed by atoms with Crippen LogP contribution in [0.2, 0.25) is 0 Å². The summed E-state index contributed by atoms with van der Waals surface area (Å²) in [6.07, 6.45) is 1.72. The Morgan fingerprint density at radius 2 is 1.55 bits per heavy atom. The van der Waals surface area contributed by atoms with Gasteiger partial charge in [0.25, 0.3) is 5.56 Å². The van der Waals surface area contributed by atoms with Crippen LogP contribution in [0.15, 0.2) is 53.5 Å². The Bertz CT molecular complexity index is 853. The first-order chi connectivity index (χ1) is 9.56. The zero-order valence-electron chi connectivity index (χ0n) is 10.2. The van der Waals surface area contributed by atoms with E-state index in [4.69, 9.17) is 0 Å². The van der Waals surface area contributed by atoms with Gasteiger partial charge < -0.3 is 10.2 Å². The van der Waals surface area contributed by atoms with E-state index in [1.54, 1.807) is 30.5 Å². The van der Waals surface area contributed by atoms with Gasteiger partial charge in [0.05, 0.1) is 0 Å². The molecule has 4 nitrogen and oxygen atoms in total. The molecule has 100 valence electrons. The van der Waals surface area contributed by atoms with Crippen molar-refractivity contribution in [1.29, 1.82) is 0 Å². The van der Waals surface area contributed by atoms with Crippen LogP contribution in [0, 0.1) is 3.57 Å². The van der Waals surface area contributed by atoms with Crippen molar-refractivity contribution in [2.24, 2.45) is 0 Å². The third kappa shape index (κ3) is 2.14. The van der Waals surface area contributed by atoms with E-state index in [-0.39, 0.29) is 17.1 Å². The fourth-order valence-electron chi connectivity index (χ4n) is 2.09. The lowest BCUT2D eigenvalue weighted by atomic mass is 10.1. The lowest BCUT2D eigenvalue weighted by molar-refractivity contribution is 0.475. The standard InChI is InChI=1S/C15H10INO3/c16-14-8-17(9-1-3-10(18)4-2-9)15(20)12-6-5-11(19)7-13(12)14/h1-8,18-19H. The number of phenolic OH excluding ortho intramolecular Hbond substituents is 2. The first-order valence-corrected chi connectivity index (χ1v) is 6.97. The highest BCUT2D eigenvalue weighted by molar-refractivity contribution is 14.1. The van der Waals surface area contributed by atoms with Crippen molar-refractivity contribution in [1.82, 2.24) is 4.57 Å². The quantitative estimate of drug-likeness (QED) is 0.639. The molecule has 0 amide bonds. The fourth-order valence-corrected chi connectivity index (χ4v) is 2.82. The topological polar surface area (TPSA) is 62.5 Å². The number of aromatic hydroxyl groups is 2. The fraction of sp³-hybridized carbons (Fsp3) is 0. The van der Waals surface area contributed by atoms with E-state index in [9.17, 15) is 15.0 Å². The first kappa shape index (κ1) is 13.0. The number of nitrogens with zero attached hydrogens (tertiary/aromatic N) is 1. The highest BCUT2D eigenvalue weighted by Crippen LogP contribution is 2.23. The van der Waals surface area contributed by atoms with E-state index < -0.39 is 0 Å². The third-order valence-corrected chi connectivity index (χ3v) is 3.94. The van der Waals surface area contributed by atoms with Crippen LogP contribution in [0.5, 0.6) is 11.5 Å². The zero-order valence-corrected chi connectivity index (χ0v) is 12.4. The van der Waals surface area contributed by atoms with Crippen molar-refractivity contribution in [3.63, 3.8) is 0 Å². The van der Waals surface area contributed by atoms with E-state index in [0.717, 1.165) is 8.96 Å². The maximum atomic E-state index is 12.5. The highest BCUT2D eigenvalue weighted by atomic mass is 127. The predicted octanol–water partition coefficient (Wildman–Crippen LogP) is 3.01. The van der Waals surface area contributed by atoms with Crippen LogP contribution in [0.3, 0.4) is 0 Å². The summed E-state index contributed by atoms with van der Waals surface area (Å²) in [7, 11) is 0. The monoisotopic (exact) mass is 379 g/mol. The van der Waals surface area contributed by atoms with Crippen LogP contribution < -0.4 is 5.56 Å². The Kier molecular flexibility index (Phi) is 3.13. The molecule has 3 aromatic rings. The number of rotatable bonds is 1. The molecule has 1 heterocycles. The van der Waals surface area contributed by atoms with Crippen molar-refractivity contribution in [3.8, 4) is 17.2 Å². The minimum Gasteiger partial charge on any atom is -0.508 e. The molecule has 20 heavy (non-hydrogen) atoms. The van der Waals surface area contributed by atoms with Gasteiger partial charge in [-0.15, -0.1) is 0 Å². The van der Waals surface area contributed by atoms with Gasteiger partial charge in [0.15, 0.2) is 0 Å². The Labute approximate surface area is 128 Å². The normalized spacial score (nSPS) is 10.8. The number of phenols is 2. The Hall–Kier alpha value is -2.02. The maximum Gasteiger partial charge on any atom is 0.263 e. The summed E-state index contributed by atoms with van der Waals surface area (Å²) >= 11 is 2.13. The van der Waals surface area contributed by atoms with Crippen molar-refractivity contribution in [3.05, 3.63) is 62.6 Å². The van der Waals surface area contributed by atoms with E-state index in [1.807, 2.05) is 0 Å². The molecule has 0 saturated carbocycles. The van der Waals surface area contributed by atoms with Crippen LogP contribution in [-0.4, -0.2) is 14.8 Å². The van der Waals surface area contributed by atoms with E-state index in [1.165, 1.54) is 22.8 Å². The summed E-state index contributed by atoms with van der Waals surface area (Å²) in [6, 6.07) is 11.1. The number of fused-ring (bicyclic) bond motifs is 1. The molecule has 0 bridgehead atoms. The third-order valence-electron chi connectivity index (χ3n) is 3.08. The number of hydrogen-bond donors (Lipinski definition) is 2. The summed E-state index contributed by atoms with van der Waals surface area (Å²) in [6.45, 7) is 0. The summed E-state index contributed by atoms with van der Waals surface area (Å²) in [4.78, 5) is 12.5. The number of pyridine rings is 1. The average molecular weight is 379 g/mol. The maximum absolute atomic E-state index is 12.5. The molecule has 0 fully saturated rings. The number of hydrogen-bond acceptors (Lipinski definition) is 3. The van der Waals surface area contributed by atoms with E-state index >= 15 is 0 Å². The summed E-state index contributed by atoms with van der Waals surface area (Å²) in [5.74, 6) is 0.291.